The van der Waals surface area contributed by atoms with Crippen LogP contribution in [0.5, 0.6) is 0 Å². The van der Waals surface area contributed by atoms with Crippen LogP contribution in [0.25, 0.3) is 17.0 Å². The Balaban J connectivity index is 1.89. The average molecular weight is 304 g/mol. The summed E-state index contributed by atoms with van der Waals surface area (Å²) in [5.74, 6) is 1.00. The molecule has 4 aromatic rings. The largest absolute Gasteiger partial charge is 0.338 e. The van der Waals surface area contributed by atoms with E-state index >= 15 is 0 Å². The van der Waals surface area contributed by atoms with E-state index < -0.39 is 0 Å². The molecule has 0 aliphatic carbocycles. The van der Waals surface area contributed by atoms with Crippen LogP contribution < -0.4 is 5.32 Å². The van der Waals surface area contributed by atoms with Gasteiger partial charge in [0.15, 0.2) is 5.82 Å². The molecule has 0 bridgehead atoms. The van der Waals surface area contributed by atoms with E-state index in [-0.39, 0.29) is 5.82 Å². The Morgan fingerprint density at radius 3 is 2.48 bits per heavy atom. The summed E-state index contributed by atoms with van der Waals surface area (Å²) in [7, 11) is 0. The Morgan fingerprint density at radius 2 is 1.70 bits per heavy atom. The molecule has 2 heterocycles. The van der Waals surface area contributed by atoms with Gasteiger partial charge in [-0.1, -0.05) is 18.2 Å². The summed E-state index contributed by atoms with van der Waals surface area (Å²) >= 11 is 0. The van der Waals surface area contributed by atoms with Gasteiger partial charge in [-0.2, -0.15) is 4.98 Å². The number of fused-ring (bicyclic) bond motifs is 1. The minimum absolute atomic E-state index is 0.265. The molecule has 0 unspecified atom stereocenters. The van der Waals surface area contributed by atoms with Crippen molar-refractivity contribution in [2.24, 2.45) is 0 Å². The molecule has 23 heavy (non-hydrogen) atoms. The molecule has 0 aliphatic rings. The minimum Gasteiger partial charge on any atom is -0.338 e. The van der Waals surface area contributed by atoms with Crippen LogP contribution in [0.4, 0.5) is 15.9 Å². The number of imidazole rings is 1. The first-order valence-electron chi connectivity index (χ1n) is 7.22. The number of nitrogens with zero attached hydrogens (tertiary/aromatic N) is 3. The molecule has 5 heteroatoms. The van der Waals surface area contributed by atoms with Crippen molar-refractivity contribution in [3.8, 4) is 11.3 Å². The van der Waals surface area contributed by atoms with E-state index in [1.807, 2.05) is 47.0 Å². The van der Waals surface area contributed by atoms with Gasteiger partial charge in [-0.25, -0.2) is 9.37 Å². The van der Waals surface area contributed by atoms with Crippen LogP contribution in [-0.2, 0) is 0 Å². The number of hydrogen-bond donors (Lipinski definition) is 1. The van der Waals surface area contributed by atoms with Gasteiger partial charge in [-0.3, -0.25) is 4.40 Å². The summed E-state index contributed by atoms with van der Waals surface area (Å²) in [4.78, 5) is 8.84. The average Bonchev–Trinajstić information content (AvgIpc) is 2.94. The Hall–Kier alpha value is -3.21. The lowest BCUT2D eigenvalue weighted by Gasteiger charge is -2.07. The molecule has 0 saturated heterocycles. The summed E-state index contributed by atoms with van der Waals surface area (Å²) in [6, 6.07) is 18.0. The van der Waals surface area contributed by atoms with Gasteiger partial charge in [0.2, 0.25) is 5.78 Å². The third-order valence-corrected chi connectivity index (χ3v) is 3.56. The first kappa shape index (κ1) is 13.5. The van der Waals surface area contributed by atoms with E-state index in [2.05, 4.69) is 15.3 Å². The number of halogens is 1. The standard InChI is InChI=1S/C18H13FN4/c19-14-9-7-13(8-10-14)16-17(21-15-5-2-1-3-6-15)22-18-20-11-4-12-23(16)18/h1-12,21H. The number of para-hydroxylation sites is 1. The zero-order valence-corrected chi connectivity index (χ0v) is 12.1. The van der Waals surface area contributed by atoms with Gasteiger partial charge >= 0.3 is 0 Å². The SMILES string of the molecule is Fc1ccc(-c2c(Nc3ccccc3)nc3ncccn23)cc1. The highest BCUT2D eigenvalue weighted by Crippen LogP contribution is 2.30. The predicted octanol–water partition coefficient (Wildman–Crippen LogP) is 4.28. The van der Waals surface area contributed by atoms with Gasteiger partial charge in [0.25, 0.3) is 0 Å². The fourth-order valence-electron chi connectivity index (χ4n) is 2.52. The van der Waals surface area contributed by atoms with Gasteiger partial charge in [0.05, 0.1) is 5.69 Å². The lowest BCUT2D eigenvalue weighted by atomic mass is 10.1. The summed E-state index contributed by atoms with van der Waals surface area (Å²) in [5, 5.41) is 3.31. The Bertz CT molecular complexity index is 946. The molecule has 112 valence electrons. The zero-order chi connectivity index (χ0) is 15.6. The molecule has 0 saturated carbocycles. The Labute approximate surface area is 132 Å². The molecular weight excluding hydrogens is 291 g/mol. The smallest absolute Gasteiger partial charge is 0.236 e. The number of aromatic nitrogens is 3. The second-order valence-electron chi connectivity index (χ2n) is 5.10. The van der Waals surface area contributed by atoms with Crippen molar-refractivity contribution < 1.29 is 4.39 Å². The van der Waals surface area contributed by atoms with Crippen LogP contribution in [0.2, 0.25) is 0 Å². The second kappa shape index (κ2) is 5.53. The monoisotopic (exact) mass is 304 g/mol. The van der Waals surface area contributed by atoms with Crippen molar-refractivity contribution in [2.75, 3.05) is 5.32 Å². The third-order valence-electron chi connectivity index (χ3n) is 3.56. The number of nitrogens with one attached hydrogen (secondary N) is 1. The van der Waals surface area contributed by atoms with Gasteiger partial charge in [0.1, 0.15) is 5.82 Å². The molecule has 2 aromatic heterocycles. The molecule has 1 N–H and O–H groups in total. The number of rotatable bonds is 3. The van der Waals surface area contributed by atoms with Crippen molar-refractivity contribution >= 4 is 17.3 Å². The minimum atomic E-state index is -0.265. The van der Waals surface area contributed by atoms with E-state index in [4.69, 9.17) is 0 Å². The van der Waals surface area contributed by atoms with Crippen molar-refractivity contribution in [1.29, 1.82) is 0 Å². The molecule has 0 fully saturated rings. The van der Waals surface area contributed by atoms with Crippen molar-refractivity contribution in [3.63, 3.8) is 0 Å². The van der Waals surface area contributed by atoms with Gasteiger partial charge < -0.3 is 5.32 Å². The fraction of sp³-hybridized carbons (Fsp3) is 0. The first-order chi connectivity index (χ1) is 11.3. The summed E-state index contributed by atoms with van der Waals surface area (Å²) in [5.41, 5.74) is 2.64. The van der Waals surface area contributed by atoms with Crippen LogP contribution >= 0.6 is 0 Å². The molecule has 4 nitrogen and oxygen atoms in total. The van der Waals surface area contributed by atoms with Crippen LogP contribution in [0, 0.1) is 5.82 Å². The molecule has 0 spiro atoms. The van der Waals surface area contributed by atoms with Crippen molar-refractivity contribution in [2.45, 2.75) is 0 Å². The highest BCUT2D eigenvalue weighted by molar-refractivity contribution is 5.78. The maximum absolute atomic E-state index is 13.2. The second-order valence-corrected chi connectivity index (χ2v) is 5.10. The van der Waals surface area contributed by atoms with Gasteiger partial charge in [0, 0.05) is 23.6 Å². The molecular formula is C18H13FN4. The normalized spacial score (nSPS) is 10.8. The first-order valence-corrected chi connectivity index (χ1v) is 7.22. The Kier molecular flexibility index (Phi) is 3.24. The highest BCUT2D eigenvalue weighted by atomic mass is 19.1. The molecule has 0 amide bonds. The molecule has 2 aromatic carbocycles. The van der Waals surface area contributed by atoms with E-state index in [0.717, 1.165) is 16.9 Å². The highest BCUT2D eigenvalue weighted by Gasteiger charge is 2.15. The van der Waals surface area contributed by atoms with Gasteiger partial charge in [-0.15, -0.1) is 0 Å². The third kappa shape index (κ3) is 2.53. The summed E-state index contributed by atoms with van der Waals surface area (Å²) in [6.07, 6.45) is 3.59. The van der Waals surface area contributed by atoms with E-state index in [0.29, 0.717) is 11.6 Å². The van der Waals surface area contributed by atoms with Crippen LogP contribution in [0.3, 0.4) is 0 Å². The maximum Gasteiger partial charge on any atom is 0.236 e. The lowest BCUT2D eigenvalue weighted by Crippen LogP contribution is -1.94. The fourth-order valence-corrected chi connectivity index (χ4v) is 2.52. The number of anilines is 2. The van der Waals surface area contributed by atoms with Crippen LogP contribution in [0.1, 0.15) is 0 Å². The van der Waals surface area contributed by atoms with E-state index in [1.165, 1.54) is 12.1 Å². The quantitative estimate of drug-likeness (QED) is 0.614. The van der Waals surface area contributed by atoms with E-state index in [9.17, 15) is 4.39 Å². The summed E-state index contributed by atoms with van der Waals surface area (Å²) in [6.45, 7) is 0. The molecule has 4 rings (SSSR count). The van der Waals surface area contributed by atoms with E-state index in [1.54, 1.807) is 18.3 Å². The summed E-state index contributed by atoms with van der Waals surface area (Å²) < 4.78 is 15.1. The zero-order valence-electron chi connectivity index (χ0n) is 12.1. The maximum atomic E-state index is 13.2. The van der Waals surface area contributed by atoms with Crippen LogP contribution in [0.15, 0.2) is 73.1 Å². The molecule has 0 aliphatic heterocycles. The molecule has 0 radical (unpaired) electrons. The Morgan fingerprint density at radius 1 is 0.913 bits per heavy atom. The van der Waals surface area contributed by atoms with Crippen molar-refractivity contribution in [3.05, 3.63) is 78.9 Å². The number of hydrogen-bond acceptors (Lipinski definition) is 3. The molecule has 0 atom stereocenters. The topological polar surface area (TPSA) is 42.2 Å². The van der Waals surface area contributed by atoms with Crippen LogP contribution in [-0.4, -0.2) is 14.4 Å². The lowest BCUT2D eigenvalue weighted by molar-refractivity contribution is 0.628. The number of benzene rings is 2. The predicted molar refractivity (Wildman–Crippen MR) is 88.1 cm³/mol. The van der Waals surface area contributed by atoms with Crippen molar-refractivity contribution in [1.82, 2.24) is 14.4 Å². The van der Waals surface area contributed by atoms with Gasteiger partial charge in [-0.05, 0) is 42.5 Å².